The molecule has 0 radical (unpaired) electrons. The maximum absolute atomic E-state index is 14.1. The number of ether oxygens (including phenoxy) is 1. The van der Waals surface area contributed by atoms with Crippen molar-refractivity contribution in [1.29, 1.82) is 0 Å². The van der Waals surface area contributed by atoms with Crippen molar-refractivity contribution < 1.29 is 19.1 Å². The molecule has 198 valence electrons. The normalized spacial score (nSPS) is 19.4. The van der Waals surface area contributed by atoms with E-state index in [0.29, 0.717) is 11.1 Å². The van der Waals surface area contributed by atoms with E-state index in [0.717, 1.165) is 19.3 Å². The number of alkyl carbamates (subject to hydrolysis) is 1. The van der Waals surface area contributed by atoms with E-state index >= 15 is 0 Å². The molecule has 0 aliphatic heterocycles. The van der Waals surface area contributed by atoms with E-state index in [1.165, 1.54) is 0 Å². The Hall–Kier alpha value is -3.01. The summed E-state index contributed by atoms with van der Waals surface area (Å²) in [6.45, 7) is 15.1. The summed E-state index contributed by atoms with van der Waals surface area (Å²) in [7, 11) is 0. The zero-order chi connectivity index (χ0) is 27.2. The van der Waals surface area contributed by atoms with Crippen molar-refractivity contribution in [1.82, 2.24) is 15.5 Å². The van der Waals surface area contributed by atoms with Gasteiger partial charge in [-0.25, -0.2) is 4.79 Å². The molecule has 0 aromatic heterocycles. The molecular weight excluding hydrogens is 454 g/mol. The van der Waals surface area contributed by atoms with Gasteiger partial charge in [-0.15, -0.1) is 6.42 Å². The van der Waals surface area contributed by atoms with Gasteiger partial charge in [0, 0.05) is 17.6 Å². The summed E-state index contributed by atoms with van der Waals surface area (Å²) in [6, 6.07) is 5.34. The molecule has 1 aromatic rings. The summed E-state index contributed by atoms with van der Waals surface area (Å²) in [4.78, 5) is 42.1. The van der Waals surface area contributed by atoms with Gasteiger partial charge in [-0.05, 0) is 70.1 Å². The number of nitrogens with zero attached hydrogens (tertiary/aromatic N) is 1. The van der Waals surface area contributed by atoms with E-state index < -0.39 is 23.8 Å². The number of nitrogens with one attached hydrogen (secondary N) is 2. The highest BCUT2D eigenvalue weighted by Gasteiger charge is 2.48. The quantitative estimate of drug-likeness (QED) is 0.455. The molecule has 1 aliphatic rings. The number of carbonyl (C=O) groups excluding carboxylic acids is 3. The van der Waals surface area contributed by atoms with Crippen molar-refractivity contribution in [3.05, 3.63) is 35.4 Å². The average molecular weight is 498 g/mol. The second-order valence-electron chi connectivity index (χ2n) is 11.3. The van der Waals surface area contributed by atoms with Gasteiger partial charge in [0.2, 0.25) is 11.8 Å². The molecule has 0 saturated heterocycles. The maximum atomic E-state index is 14.1. The SMILES string of the molecule is C#Cc1ccc(C(C(=O)NC(C)CCC)N(C(=O)C(NC(=O)OC(C)(C)C)C(C)C)C2CC2C)cc1. The highest BCUT2D eigenvalue weighted by molar-refractivity contribution is 5.93. The van der Waals surface area contributed by atoms with Gasteiger partial charge in [0.15, 0.2) is 0 Å². The summed E-state index contributed by atoms with van der Waals surface area (Å²) in [6.07, 6.45) is 7.43. The van der Waals surface area contributed by atoms with Crippen molar-refractivity contribution in [2.24, 2.45) is 11.8 Å². The van der Waals surface area contributed by atoms with Crippen LogP contribution in [0.4, 0.5) is 4.79 Å². The van der Waals surface area contributed by atoms with E-state index in [4.69, 9.17) is 11.2 Å². The highest BCUT2D eigenvalue weighted by Crippen LogP contribution is 2.41. The third-order valence-electron chi connectivity index (χ3n) is 6.31. The molecule has 2 N–H and O–H groups in total. The lowest BCUT2D eigenvalue weighted by Crippen LogP contribution is -2.56. The van der Waals surface area contributed by atoms with Crippen LogP contribution in [0.5, 0.6) is 0 Å². The molecule has 1 aromatic carbocycles. The molecule has 7 heteroatoms. The standard InChI is InChI=1S/C29H43N3O4/c1-10-12-20(6)30-26(33)25(22-15-13-21(11-2)14-16-22)32(23-17-19(23)5)27(34)24(18(3)4)31-28(35)36-29(7,8)9/h2,13-16,18-20,23-25H,10,12,17H2,1,3-9H3,(H,30,33)(H,31,35). The van der Waals surface area contributed by atoms with Gasteiger partial charge in [-0.3, -0.25) is 9.59 Å². The van der Waals surface area contributed by atoms with Crippen LogP contribution in [0.1, 0.15) is 91.8 Å². The zero-order valence-corrected chi connectivity index (χ0v) is 23.1. The monoisotopic (exact) mass is 497 g/mol. The zero-order valence-electron chi connectivity index (χ0n) is 23.1. The van der Waals surface area contributed by atoms with Crippen molar-refractivity contribution in [2.45, 2.75) is 104 Å². The van der Waals surface area contributed by atoms with E-state index in [-0.39, 0.29) is 35.7 Å². The maximum Gasteiger partial charge on any atom is 0.408 e. The Morgan fingerprint density at radius 2 is 1.72 bits per heavy atom. The van der Waals surface area contributed by atoms with Gasteiger partial charge >= 0.3 is 6.09 Å². The lowest BCUT2D eigenvalue weighted by Gasteiger charge is -2.36. The minimum absolute atomic E-state index is 0.0376. The fourth-order valence-corrected chi connectivity index (χ4v) is 4.31. The van der Waals surface area contributed by atoms with E-state index in [9.17, 15) is 14.4 Å². The summed E-state index contributed by atoms with van der Waals surface area (Å²) < 4.78 is 5.42. The van der Waals surface area contributed by atoms with Gasteiger partial charge in [-0.1, -0.05) is 52.2 Å². The van der Waals surface area contributed by atoms with E-state index in [2.05, 4.69) is 30.4 Å². The average Bonchev–Trinajstić information content (AvgIpc) is 3.49. The van der Waals surface area contributed by atoms with Crippen LogP contribution in [-0.2, 0) is 14.3 Å². The van der Waals surface area contributed by atoms with Crippen molar-refractivity contribution >= 4 is 17.9 Å². The number of benzene rings is 1. The van der Waals surface area contributed by atoms with Crippen molar-refractivity contribution in [3.63, 3.8) is 0 Å². The minimum atomic E-state index is -0.847. The van der Waals surface area contributed by atoms with Crippen LogP contribution in [0.3, 0.4) is 0 Å². The highest BCUT2D eigenvalue weighted by atomic mass is 16.6. The first-order valence-electron chi connectivity index (χ1n) is 13.0. The molecule has 36 heavy (non-hydrogen) atoms. The first-order valence-corrected chi connectivity index (χ1v) is 13.0. The first kappa shape index (κ1) is 29.2. The fraction of sp³-hybridized carbons (Fsp3) is 0.621. The molecule has 1 aliphatic carbocycles. The van der Waals surface area contributed by atoms with Crippen LogP contribution < -0.4 is 10.6 Å². The predicted molar refractivity (Wildman–Crippen MR) is 142 cm³/mol. The summed E-state index contributed by atoms with van der Waals surface area (Å²) in [5, 5.41) is 5.86. The molecule has 0 bridgehead atoms. The largest absolute Gasteiger partial charge is 0.444 e. The Kier molecular flexibility index (Phi) is 9.98. The van der Waals surface area contributed by atoms with Gasteiger partial charge in [0.05, 0.1) is 0 Å². The van der Waals surface area contributed by atoms with E-state index in [1.807, 2.05) is 32.9 Å². The van der Waals surface area contributed by atoms with Gasteiger partial charge in [0.25, 0.3) is 0 Å². The molecule has 1 fully saturated rings. The Bertz CT molecular complexity index is 958. The lowest BCUT2D eigenvalue weighted by molar-refractivity contribution is -0.144. The number of hydrogen-bond donors (Lipinski definition) is 2. The molecule has 5 atom stereocenters. The minimum Gasteiger partial charge on any atom is -0.444 e. The topological polar surface area (TPSA) is 87.7 Å². The molecular formula is C29H43N3O4. The van der Waals surface area contributed by atoms with Crippen LogP contribution in [0.15, 0.2) is 24.3 Å². The Labute approximate surface area is 216 Å². The number of amides is 3. The molecule has 3 amide bonds. The second-order valence-corrected chi connectivity index (χ2v) is 11.3. The van der Waals surface area contributed by atoms with Gasteiger partial charge in [0.1, 0.15) is 17.7 Å². The van der Waals surface area contributed by atoms with Crippen LogP contribution in [-0.4, -0.2) is 46.5 Å². The van der Waals surface area contributed by atoms with Crippen LogP contribution >= 0.6 is 0 Å². The van der Waals surface area contributed by atoms with Crippen LogP contribution in [0.25, 0.3) is 0 Å². The molecule has 2 rings (SSSR count). The Balaban J connectivity index is 2.49. The number of rotatable bonds is 10. The smallest absolute Gasteiger partial charge is 0.408 e. The van der Waals surface area contributed by atoms with Crippen molar-refractivity contribution in [2.75, 3.05) is 0 Å². The Morgan fingerprint density at radius 3 is 2.17 bits per heavy atom. The van der Waals surface area contributed by atoms with Gasteiger partial charge < -0.3 is 20.3 Å². The summed E-state index contributed by atoms with van der Waals surface area (Å²) >= 11 is 0. The molecule has 5 unspecified atom stereocenters. The third-order valence-corrected chi connectivity index (χ3v) is 6.31. The molecule has 0 heterocycles. The van der Waals surface area contributed by atoms with Crippen molar-refractivity contribution in [3.8, 4) is 12.3 Å². The predicted octanol–water partition coefficient (Wildman–Crippen LogP) is 4.80. The van der Waals surface area contributed by atoms with Crippen LogP contribution in [0.2, 0.25) is 0 Å². The molecule has 0 spiro atoms. The number of carbonyl (C=O) groups is 3. The third kappa shape index (κ3) is 8.01. The number of hydrogen-bond acceptors (Lipinski definition) is 4. The molecule has 7 nitrogen and oxygen atoms in total. The fourth-order valence-electron chi connectivity index (χ4n) is 4.31. The lowest BCUT2D eigenvalue weighted by atomic mass is 9.97. The summed E-state index contributed by atoms with van der Waals surface area (Å²) in [5.41, 5.74) is 0.680. The van der Waals surface area contributed by atoms with Gasteiger partial charge in [-0.2, -0.15) is 0 Å². The second kappa shape index (κ2) is 12.3. The first-order chi connectivity index (χ1) is 16.8. The molecule has 1 saturated carbocycles. The summed E-state index contributed by atoms with van der Waals surface area (Å²) in [5.74, 6) is 2.09. The Morgan fingerprint density at radius 1 is 1.14 bits per heavy atom. The van der Waals surface area contributed by atoms with Crippen LogP contribution in [0, 0.1) is 24.2 Å². The van der Waals surface area contributed by atoms with E-state index in [1.54, 1.807) is 37.8 Å². The number of terminal acetylenes is 1.